The average molecular weight is 262 g/mol. The summed E-state index contributed by atoms with van der Waals surface area (Å²) in [5.41, 5.74) is 0.589. The highest BCUT2D eigenvalue weighted by Gasteiger charge is 2.27. The molecule has 1 aromatic rings. The summed E-state index contributed by atoms with van der Waals surface area (Å²) in [4.78, 5) is 14.4. The summed E-state index contributed by atoms with van der Waals surface area (Å²) < 4.78 is 11.1. The van der Waals surface area contributed by atoms with Crippen molar-refractivity contribution in [2.75, 3.05) is 33.4 Å². The zero-order valence-electron chi connectivity index (χ0n) is 11.0. The van der Waals surface area contributed by atoms with Gasteiger partial charge in [0.1, 0.15) is 13.2 Å². The molecule has 0 radical (unpaired) electrons. The van der Waals surface area contributed by atoms with Crippen LogP contribution in [0.25, 0.3) is 0 Å². The lowest BCUT2D eigenvalue weighted by atomic mass is 10.1. The predicted molar refractivity (Wildman–Crippen MR) is 70.8 cm³/mol. The number of para-hydroxylation sites is 1. The van der Waals surface area contributed by atoms with Gasteiger partial charge in [0.15, 0.2) is 11.5 Å². The second-order valence-corrected chi connectivity index (χ2v) is 4.89. The molecule has 0 aliphatic carbocycles. The number of nitrogens with one attached hydrogen (secondary N) is 1. The lowest BCUT2D eigenvalue weighted by Gasteiger charge is -2.26. The molecule has 2 heterocycles. The Hall–Kier alpha value is -1.75. The van der Waals surface area contributed by atoms with Crippen molar-refractivity contribution in [3.8, 4) is 11.5 Å². The van der Waals surface area contributed by atoms with Gasteiger partial charge in [-0.1, -0.05) is 6.07 Å². The normalized spacial score (nSPS) is 21.2. The van der Waals surface area contributed by atoms with Gasteiger partial charge in [0.05, 0.1) is 5.56 Å². The van der Waals surface area contributed by atoms with Crippen LogP contribution in [0.1, 0.15) is 16.8 Å². The molecule has 5 nitrogen and oxygen atoms in total. The molecule has 19 heavy (non-hydrogen) atoms. The van der Waals surface area contributed by atoms with Crippen molar-refractivity contribution in [1.29, 1.82) is 0 Å². The Labute approximate surface area is 112 Å². The first kappa shape index (κ1) is 12.3. The number of carbonyl (C=O) groups excluding carboxylic acids is 1. The SMILES string of the molecule is CN(C(=O)c1cccc2c1OCCO2)C1CCNC1. The first-order chi connectivity index (χ1) is 9.27. The van der Waals surface area contributed by atoms with Crippen molar-refractivity contribution < 1.29 is 14.3 Å². The first-order valence-corrected chi connectivity index (χ1v) is 6.64. The third-order valence-corrected chi connectivity index (χ3v) is 3.70. The molecular weight excluding hydrogens is 244 g/mol. The molecule has 0 spiro atoms. The molecule has 0 aromatic heterocycles. The number of hydrogen-bond acceptors (Lipinski definition) is 4. The van der Waals surface area contributed by atoms with Crippen LogP contribution in [0.5, 0.6) is 11.5 Å². The Morgan fingerprint density at radius 3 is 3.00 bits per heavy atom. The van der Waals surface area contributed by atoms with Crippen molar-refractivity contribution in [1.82, 2.24) is 10.2 Å². The standard InChI is InChI=1S/C14H18N2O3/c1-16(10-5-6-15-9-10)14(17)11-3-2-4-12-13(11)19-8-7-18-12/h2-4,10,15H,5-9H2,1H3. The molecule has 102 valence electrons. The van der Waals surface area contributed by atoms with E-state index in [1.54, 1.807) is 11.0 Å². The minimum Gasteiger partial charge on any atom is -0.486 e. The van der Waals surface area contributed by atoms with E-state index in [-0.39, 0.29) is 11.9 Å². The van der Waals surface area contributed by atoms with Crippen molar-refractivity contribution in [2.24, 2.45) is 0 Å². The number of amides is 1. The minimum atomic E-state index is -0.00366. The molecule has 1 atom stereocenters. The summed E-state index contributed by atoms with van der Waals surface area (Å²) in [6.07, 6.45) is 0.995. The number of rotatable bonds is 2. The number of hydrogen-bond donors (Lipinski definition) is 1. The maximum Gasteiger partial charge on any atom is 0.257 e. The van der Waals surface area contributed by atoms with E-state index in [1.165, 1.54) is 0 Å². The molecule has 1 aromatic carbocycles. The van der Waals surface area contributed by atoms with Gasteiger partial charge in [-0.2, -0.15) is 0 Å². The number of likely N-dealkylation sites (N-methyl/N-ethyl adjacent to an activating group) is 1. The summed E-state index contributed by atoms with van der Waals surface area (Å²) >= 11 is 0. The maximum atomic E-state index is 12.6. The van der Waals surface area contributed by atoms with Crippen molar-refractivity contribution in [3.05, 3.63) is 23.8 Å². The third-order valence-electron chi connectivity index (χ3n) is 3.70. The van der Waals surface area contributed by atoms with Gasteiger partial charge < -0.3 is 19.7 Å². The fourth-order valence-corrected chi connectivity index (χ4v) is 2.57. The summed E-state index contributed by atoms with van der Waals surface area (Å²) in [6, 6.07) is 5.73. The quantitative estimate of drug-likeness (QED) is 0.860. The summed E-state index contributed by atoms with van der Waals surface area (Å²) in [5, 5.41) is 3.27. The molecule has 2 aliphatic heterocycles. The Bertz CT molecular complexity index is 484. The van der Waals surface area contributed by atoms with Crippen molar-refractivity contribution >= 4 is 5.91 Å². The molecule has 2 aliphatic rings. The van der Waals surface area contributed by atoms with Crippen LogP contribution in [0, 0.1) is 0 Å². The monoisotopic (exact) mass is 262 g/mol. The van der Waals surface area contributed by atoms with E-state index in [4.69, 9.17) is 9.47 Å². The van der Waals surface area contributed by atoms with E-state index in [9.17, 15) is 4.79 Å². The van der Waals surface area contributed by atoms with E-state index in [1.807, 2.05) is 19.2 Å². The Balaban J connectivity index is 1.86. The van der Waals surface area contributed by atoms with Crippen molar-refractivity contribution in [3.63, 3.8) is 0 Å². The summed E-state index contributed by atoms with van der Waals surface area (Å²) in [6.45, 7) is 2.85. The van der Waals surface area contributed by atoms with E-state index >= 15 is 0 Å². The zero-order chi connectivity index (χ0) is 13.2. The topological polar surface area (TPSA) is 50.8 Å². The fourth-order valence-electron chi connectivity index (χ4n) is 2.57. The van der Waals surface area contributed by atoms with Crippen LogP contribution >= 0.6 is 0 Å². The lowest BCUT2D eigenvalue weighted by molar-refractivity contribution is 0.0733. The smallest absolute Gasteiger partial charge is 0.257 e. The molecule has 3 rings (SSSR count). The van der Waals surface area contributed by atoms with E-state index in [2.05, 4.69) is 5.32 Å². The highest BCUT2D eigenvalue weighted by atomic mass is 16.6. The van der Waals surface area contributed by atoms with Crippen LogP contribution in [0.4, 0.5) is 0 Å². The summed E-state index contributed by atoms with van der Waals surface area (Å²) in [7, 11) is 1.85. The van der Waals surface area contributed by atoms with Gasteiger partial charge in [0.25, 0.3) is 5.91 Å². The highest BCUT2D eigenvalue weighted by molar-refractivity contribution is 5.98. The van der Waals surface area contributed by atoms with Gasteiger partial charge in [-0.15, -0.1) is 0 Å². The Morgan fingerprint density at radius 2 is 2.21 bits per heavy atom. The van der Waals surface area contributed by atoms with Crippen molar-refractivity contribution in [2.45, 2.75) is 12.5 Å². The van der Waals surface area contributed by atoms with Gasteiger partial charge in [-0.25, -0.2) is 0 Å². The van der Waals surface area contributed by atoms with Gasteiger partial charge >= 0.3 is 0 Å². The fraction of sp³-hybridized carbons (Fsp3) is 0.500. The maximum absolute atomic E-state index is 12.6. The number of carbonyl (C=O) groups is 1. The Kier molecular flexibility index (Phi) is 3.29. The largest absolute Gasteiger partial charge is 0.486 e. The molecule has 1 N–H and O–H groups in total. The first-order valence-electron chi connectivity index (χ1n) is 6.64. The molecular formula is C14H18N2O3. The second-order valence-electron chi connectivity index (χ2n) is 4.89. The van der Waals surface area contributed by atoms with Crippen LogP contribution in [-0.4, -0.2) is 50.2 Å². The number of fused-ring (bicyclic) bond motifs is 1. The number of benzene rings is 1. The highest BCUT2D eigenvalue weighted by Crippen LogP contribution is 2.34. The van der Waals surface area contributed by atoms with Crippen LogP contribution in [-0.2, 0) is 0 Å². The predicted octanol–water partition coefficient (Wildman–Crippen LogP) is 0.892. The Morgan fingerprint density at radius 1 is 1.37 bits per heavy atom. The van der Waals surface area contributed by atoms with Crippen LogP contribution in [0.2, 0.25) is 0 Å². The molecule has 1 amide bonds. The molecule has 0 bridgehead atoms. The number of ether oxygens (including phenoxy) is 2. The van der Waals surface area contributed by atoms with Crippen LogP contribution < -0.4 is 14.8 Å². The molecule has 1 saturated heterocycles. The zero-order valence-corrected chi connectivity index (χ0v) is 11.0. The van der Waals surface area contributed by atoms with Crippen LogP contribution in [0.3, 0.4) is 0 Å². The summed E-state index contributed by atoms with van der Waals surface area (Å²) in [5.74, 6) is 1.24. The number of nitrogens with zero attached hydrogens (tertiary/aromatic N) is 1. The third kappa shape index (κ3) is 2.26. The average Bonchev–Trinajstić information content (AvgIpc) is 2.99. The molecule has 0 saturated carbocycles. The lowest BCUT2D eigenvalue weighted by Crippen LogP contribution is -2.38. The van der Waals surface area contributed by atoms with E-state index < -0.39 is 0 Å². The minimum absolute atomic E-state index is 0.00366. The molecule has 5 heteroatoms. The van der Waals surface area contributed by atoms with Crippen LogP contribution in [0.15, 0.2) is 18.2 Å². The molecule has 1 unspecified atom stereocenters. The van der Waals surface area contributed by atoms with E-state index in [0.717, 1.165) is 19.5 Å². The second kappa shape index (κ2) is 5.09. The van der Waals surface area contributed by atoms with E-state index in [0.29, 0.717) is 30.3 Å². The van der Waals surface area contributed by atoms with Gasteiger partial charge in [-0.05, 0) is 25.1 Å². The molecule has 1 fully saturated rings. The van der Waals surface area contributed by atoms with Gasteiger partial charge in [0.2, 0.25) is 0 Å². The van der Waals surface area contributed by atoms with Gasteiger partial charge in [0, 0.05) is 19.6 Å². The van der Waals surface area contributed by atoms with Gasteiger partial charge in [-0.3, -0.25) is 4.79 Å².